The number of anilines is 1. The predicted molar refractivity (Wildman–Crippen MR) is 65.0 cm³/mol. The van der Waals surface area contributed by atoms with Crippen molar-refractivity contribution in [2.75, 3.05) is 4.72 Å². The molecule has 2 rings (SSSR count). The molecule has 0 unspecified atom stereocenters. The average Bonchev–Trinajstić information content (AvgIpc) is 2.87. The van der Waals surface area contributed by atoms with Gasteiger partial charge in [0.1, 0.15) is 10.8 Å². The largest absolute Gasteiger partial charge is 0.480 e. The molecule has 0 saturated heterocycles. The van der Waals surface area contributed by atoms with Gasteiger partial charge in [0.15, 0.2) is 0 Å². The maximum Gasteiger partial charge on any atom is 0.325 e. The van der Waals surface area contributed by atoms with Gasteiger partial charge in [-0.2, -0.15) is 5.10 Å². The quantitative estimate of drug-likeness (QED) is 0.848. The Morgan fingerprint density at radius 3 is 2.94 bits per heavy atom. The lowest BCUT2D eigenvalue weighted by Crippen LogP contribution is -2.11. The van der Waals surface area contributed by atoms with Crippen LogP contribution in [0.1, 0.15) is 0 Å². The standard InChI is InChI=1S/C9H9N3O4S2/c13-8(14)6-12-5-7(4-10-12)11-18(15,16)9-2-1-3-17-9/h1-5,11H,6H2,(H,13,14). The molecule has 0 bridgehead atoms. The van der Waals surface area contributed by atoms with Crippen LogP contribution in [-0.2, 0) is 21.4 Å². The lowest BCUT2D eigenvalue weighted by atomic mass is 10.6. The maximum absolute atomic E-state index is 11.8. The number of aromatic nitrogens is 2. The SMILES string of the molecule is O=C(O)Cn1cc(NS(=O)(=O)c2cccs2)cn1. The van der Waals surface area contributed by atoms with Crippen molar-refractivity contribution in [3.8, 4) is 0 Å². The van der Waals surface area contributed by atoms with Crippen LogP contribution in [0.2, 0.25) is 0 Å². The number of carboxylic acid groups (broad SMARTS) is 1. The lowest BCUT2D eigenvalue weighted by Gasteiger charge is -2.02. The smallest absolute Gasteiger partial charge is 0.325 e. The summed E-state index contributed by atoms with van der Waals surface area (Å²) in [6.07, 6.45) is 2.58. The van der Waals surface area contributed by atoms with Crippen LogP contribution in [-0.4, -0.2) is 29.3 Å². The third-order valence-electron chi connectivity index (χ3n) is 1.94. The number of rotatable bonds is 5. The molecule has 96 valence electrons. The van der Waals surface area contributed by atoms with E-state index in [1.165, 1.54) is 18.5 Å². The van der Waals surface area contributed by atoms with E-state index in [-0.39, 0.29) is 16.4 Å². The molecule has 0 aromatic carbocycles. The fourth-order valence-electron chi connectivity index (χ4n) is 1.26. The minimum absolute atomic E-state index is 0.188. The molecule has 2 aromatic rings. The van der Waals surface area contributed by atoms with Crippen LogP contribution in [0.25, 0.3) is 0 Å². The minimum atomic E-state index is -3.62. The van der Waals surface area contributed by atoms with Gasteiger partial charge < -0.3 is 5.11 Å². The maximum atomic E-state index is 11.8. The Labute approximate surface area is 107 Å². The van der Waals surface area contributed by atoms with Gasteiger partial charge in [0.05, 0.1) is 11.9 Å². The molecule has 0 saturated carbocycles. The Bertz CT molecular complexity index is 645. The zero-order valence-electron chi connectivity index (χ0n) is 8.98. The van der Waals surface area contributed by atoms with Crippen molar-refractivity contribution in [2.24, 2.45) is 0 Å². The molecule has 2 N–H and O–H groups in total. The topological polar surface area (TPSA) is 101 Å². The van der Waals surface area contributed by atoms with Gasteiger partial charge in [0, 0.05) is 6.20 Å². The zero-order valence-corrected chi connectivity index (χ0v) is 10.6. The summed E-state index contributed by atoms with van der Waals surface area (Å²) in [5, 5.41) is 14.0. The van der Waals surface area contributed by atoms with Crippen LogP contribution < -0.4 is 4.72 Å². The number of thiophene rings is 1. The molecule has 18 heavy (non-hydrogen) atoms. The number of hydrogen-bond acceptors (Lipinski definition) is 5. The Morgan fingerprint density at radius 2 is 2.33 bits per heavy atom. The first-order chi connectivity index (χ1) is 8.47. The van der Waals surface area contributed by atoms with E-state index in [0.29, 0.717) is 0 Å². The Hall–Kier alpha value is -1.87. The van der Waals surface area contributed by atoms with E-state index >= 15 is 0 Å². The van der Waals surface area contributed by atoms with Gasteiger partial charge in [-0.25, -0.2) is 8.42 Å². The molecule has 9 heteroatoms. The van der Waals surface area contributed by atoms with Crippen molar-refractivity contribution in [3.05, 3.63) is 29.9 Å². The number of carbonyl (C=O) groups is 1. The van der Waals surface area contributed by atoms with E-state index in [4.69, 9.17) is 5.11 Å². The predicted octanol–water partition coefficient (Wildman–Crippen LogP) is 0.830. The van der Waals surface area contributed by atoms with E-state index in [1.807, 2.05) is 0 Å². The van der Waals surface area contributed by atoms with Gasteiger partial charge in [-0.3, -0.25) is 14.2 Å². The zero-order chi connectivity index (χ0) is 13.2. The summed E-state index contributed by atoms with van der Waals surface area (Å²) >= 11 is 1.09. The molecule has 2 heterocycles. The van der Waals surface area contributed by atoms with Crippen LogP contribution in [0.5, 0.6) is 0 Å². The first-order valence-corrected chi connectivity index (χ1v) is 7.14. The molecule has 0 aliphatic rings. The molecule has 0 aliphatic carbocycles. The van der Waals surface area contributed by atoms with E-state index < -0.39 is 16.0 Å². The second-order valence-electron chi connectivity index (χ2n) is 3.36. The highest BCUT2D eigenvalue weighted by Crippen LogP contribution is 2.19. The summed E-state index contributed by atoms with van der Waals surface area (Å²) < 4.78 is 27.3. The number of sulfonamides is 1. The van der Waals surface area contributed by atoms with Crippen molar-refractivity contribution >= 4 is 33.0 Å². The Balaban J connectivity index is 2.15. The number of nitrogens with zero attached hydrogens (tertiary/aromatic N) is 2. The van der Waals surface area contributed by atoms with Gasteiger partial charge in [-0.05, 0) is 11.4 Å². The van der Waals surface area contributed by atoms with Gasteiger partial charge >= 0.3 is 5.97 Å². The molecule has 7 nitrogen and oxygen atoms in total. The molecule has 0 radical (unpaired) electrons. The van der Waals surface area contributed by atoms with Crippen LogP contribution in [0.15, 0.2) is 34.1 Å². The van der Waals surface area contributed by atoms with Gasteiger partial charge in [0.25, 0.3) is 10.0 Å². The van der Waals surface area contributed by atoms with E-state index in [1.54, 1.807) is 11.4 Å². The summed E-state index contributed by atoms with van der Waals surface area (Å²) in [4.78, 5) is 10.5. The Kier molecular flexibility index (Phi) is 3.34. The molecular formula is C9H9N3O4S2. The summed E-state index contributed by atoms with van der Waals surface area (Å²) in [6, 6.07) is 3.11. The van der Waals surface area contributed by atoms with Crippen LogP contribution in [0, 0.1) is 0 Å². The van der Waals surface area contributed by atoms with Crippen LogP contribution >= 0.6 is 11.3 Å². The molecule has 0 amide bonds. The van der Waals surface area contributed by atoms with Gasteiger partial charge in [-0.1, -0.05) is 6.07 Å². The van der Waals surface area contributed by atoms with Crippen molar-refractivity contribution in [2.45, 2.75) is 10.8 Å². The second-order valence-corrected chi connectivity index (χ2v) is 6.21. The highest BCUT2D eigenvalue weighted by Gasteiger charge is 2.16. The first kappa shape index (κ1) is 12.6. The van der Waals surface area contributed by atoms with Crippen molar-refractivity contribution in [1.29, 1.82) is 0 Å². The fraction of sp³-hybridized carbons (Fsp3) is 0.111. The van der Waals surface area contributed by atoms with E-state index in [0.717, 1.165) is 16.0 Å². The molecule has 0 atom stereocenters. The van der Waals surface area contributed by atoms with Crippen LogP contribution in [0.4, 0.5) is 5.69 Å². The highest BCUT2D eigenvalue weighted by atomic mass is 32.2. The lowest BCUT2D eigenvalue weighted by molar-refractivity contribution is -0.137. The van der Waals surface area contributed by atoms with Crippen molar-refractivity contribution in [1.82, 2.24) is 9.78 Å². The van der Waals surface area contributed by atoms with E-state index in [2.05, 4.69) is 9.82 Å². The summed E-state index contributed by atoms with van der Waals surface area (Å²) in [5.74, 6) is -1.05. The van der Waals surface area contributed by atoms with Gasteiger partial charge in [-0.15, -0.1) is 11.3 Å². The monoisotopic (exact) mass is 287 g/mol. The fourth-order valence-corrected chi connectivity index (χ4v) is 3.28. The minimum Gasteiger partial charge on any atom is -0.480 e. The Morgan fingerprint density at radius 1 is 1.56 bits per heavy atom. The molecule has 0 spiro atoms. The highest BCUT2D eigenvalue weighted by molar-refractivity contribution is 7.94. The molecule has 0 aliphatic heterocycles. The molecule has 2 aromatic heterocycles. The summed E-state index contributed by atoms with van der Waals surface area (Å²) in [6.45, 7) is -0.319. The van der Waals surface area contributed by atoms with Gasteiger partial charge in [0.2, 0.25) is 0 Å². The molecule has 0 fully saturated rings. The third-order valence-corrected chi connectivity index (χ3v) is 4.72. The normalized spacial score (nSPS) is 11.3. The number of aliphatic carboxylic acids is 1. The number of carboxylic acids is 1. The average molecular weight is 287 g/mol. The van der Waals surface area contributed by atoms with Crippen LogP contribution in [0.3, 0.4) is 0 Å². The summed E-state index contributed by atoms with van der Waals surface area (Å²) in [7, 11) is -3.62. The van der Waals surface area contributed by atoms with Crippen molar-refractivity contribution < 1.29 is 18.3 Å². The third kappa shape index (κ3) is 2.87. The number of nitrogens with one attached hydrogen (secondary N) is 1. The van der Waals surface area contributed by atoms with E-state index in [9.17, 15) is 13.2 Å². The summed E-state index contributed by atoms with van der Waals surface area (Å²) in [5.41, 5.74) is 0.227. The molecular weight excluding hydrogens is 278 g/mol. The first-order valence-electron chi connectivity index (χ1n) is 4.78. The number of hydrogen-bond donors (Lipinski definition) is 2. The second kappa shape index (κ2) is 4.78. The van der Waals surface area contributed by atoms with Crippen molar-refractivity contribution in [3.63, 3.8) is 0 Å².